The molecular formula is C17H18N4. The standard InChI is InChI=1S/C17H18N4/c1-2-11-12-9-20(10-13(11)12)16-7-8-21-15-6-4-3-5-14(15)18-17(21)19-16/h3-8,11-13H,2,9-10H2,1H3/t11?,12-,13+. The van der Waals surface area contributed by atoms with E-state index >= 15 is 0 Å². The van der Waals surface area contributed by atoms with Crippen LogP contribution in [0.4, 0.5) is 5.82 Å². The Morgan fingerprint density at radius 1 is 1.10 bits per heavy atom. The van der Waals surface area contributed by atoms with Crippen molar-refractivity contribution >= 4 is 22.6 Å². The molecule has 3 heterocycles. The van der Waals surface area contributed by atoms with Crippen molar-refractivity contribution in [3.63, 3.8) is 0 Å². The molecule has 3 atom stereocenters. The first-order valence-corrected chi connectivity index (χ1v) is 7.84. The van der Waals surface area contributed by atoms with E-state index in [1.165, 1.54) is 19.5 Å². The quantitative estimate of drug-likeness (QED) is 0.722. The van der Waals surface area contributed by atoms with Gasteiger partial charge in [0, 0.05) is 19.3 Å². The number of piperidine rings is 1. The molecule has 5 rings (SSSR count). The second-order valence-corrected chi connectivity index (χ2v) is 6.36. The monoisotopic (exact) mass is 278 g/mol. The van der Waals surface area contributed by atoms with Crippen molar-refractivity contribution in [3.05, 3.63) is 36.5 Å². The summed E-state index contributed by atoms with van der Waals surface area (Å²) in [5, 5.41) is 0. The number of hydrogen-bond donors (Lipinski definition) is 0. The van der Waals surface area contributed by atoms with E-state index < -0.39 is 0 Å². The van der Waals surface area contributed by atoms with E-state index in [2.05, 4.69) is 39.5 Å². The van der Waals surface area contributed by atoms with Crippen LogP contribution in [0.5, 0.6) is 0 Å². The Labute approximate surface area is 123 Å². The second-order valence-electron chi connectivity index (χ2n) is 6.36. The fourth-order valence-corrected chi connectivity index (χ4v) is 4.16. The molecule has 4 nitrogen and oxygen atoms in total. The Morgan fingerprint density at radius 2 is 1.90 bits per heavy atom. The molecule has 106 valence electrons. The van der Waals surface area contributed by atoms with Gasteiger partial charge < -0.3 is 4.90 Å². The van der Waals surface area contributed by atoms with E-state index in [1.807, 2.05) is 18.2 Å². The Kier molecular flexibility index (Phi) is 2.18. The van der Waals surface area contributed by atoms with Crippen LogP contribution in [0.1, 0.15) is 13.3 Å². The molecule has 1 unspecified atom stereocenters. The SMILES string of the molecule is CCC1[C@H]2CN(c3ccn4c(n3)nc3ccccc34)C[C@@H]12. The number of fused-ring (bicyclic) bond motifs is 4. The number of nitrogens with zero attached hydrogens (tertiary/aromatic N) is 4. The lowest BCUT2D eigenvalue weighted by Gasteiger charge is -2.20. The van der Waals surface area contributed by atoms with Gasteiger partial charge in [-0.05, 0) is 36.0 Å². The third kappa shape index (κ3) is 1.56. The zero-order valence-corrected chi connectivity index (χ0v) is 12.1. The van der Waals surface area contributed by atoms with Gasteiger partial charge in [-0.3, -0.25) is 4.40 Å². The molecule has 1 saturated carbocycles. The zero-order chi connectivity index (χ0) is 14.0. The van der Waals surface area contributed by atoms with Gasteiger partial charge in [-0.1, -0.05) is 25.5 Å². The van der Waals surface area contributed by atoms with Gasteiger partial charge >= 0.3 is 0 Å². The van der Waals surface area contributed by atoms with E-state index in [1.54, 1.807) is 0 Å². The van der Waals surface area contributed by atoms with Crippen molar-refractivity contribution in [1.82, 2.24) is 14.4 Å². The average molecular weight is 278 g/mol. The highest BCUT2D eigenvalue weighted by Crippen LogP contribution is 2.53. The molecule has 0 radical (unpaired) electrons. The summed E-state index contributed by atoms with van der Waals surface area (Å²) in [6.45, 7) is 4.66. The van der Waals surface area contributed by atoms with Crippen LogP contribution in [-0.4, -0.2) is 27.5 Å². The van der Waals surface area contributed by atoms with Crippen LogP contribution in [0.15, 0.2) is 36.5 Å². The highest BCUT2D eigenvalue weighted by molar-refractivity contribution is 5.79. The normalized spacial score (nSPS) is 27.5. The van der Waals surface area contributed by atoms with Crippen molar-refractivity contribution in [2.24, 2.45) is 17.8 Å². The van der Waals surface area contributed by atoms with Crippen LogP contribution in [0.25, 0.3) is 16.8 Å². The molecule has 4 heteroatoms. The third-order valence-electron chi connectivity index (χ3n) is 5.33. The van der Waals surface area contributed by atoms with E-state index in [0.29, 0.717) is 0 Å². The molecule has 0 N–H and O–H groups in total. The topological polar surface area (TPSA) is 33.4 Å². The van der Waals surface area contributed by atoms with Gasteiger partial charge in [0.05, 0.1) is 11.0 Å². The number of benzene rings is 1. The Morgan fingerprint density at radius 3 is 2.71 bits per heavy atom. The fraction of sp³-hybridized carbons (Fsp3) is 0.412. The van der Waals surface area contributed by atoms with Crippen LogP contribution in [0.3, 0.4) is 0 Å². The molecule has 1 aliphatic heterocycles. The number of imidazole rings is 1. The van der Waals surface area contributed by atoms with Gasteiger partial charge in [-0.15, -0.1) is 0 Å². The van der Waals surface area contributed by atoms with Crippen molar-refractivity contribution in [2.45, 2.75) is 13.3 Å². The average Bonchev–Trinajstić information content (AvgIpc) is 2.88. The number of para-hydroxylation sites is 2. The lowest BCUT2D eigenvalue weighted by Crippen LogP contribution is -2.25. The van der Waals surface area contributed by atoms with Crippen molar-refractivity contribution < 1.29 is 0 Å². The van der Waals surface area contributed by atoms with Gasteiger partial charge in [0.2, 0.25) is 5.78 Å². The van der Waals surface area contributed by atoms with E-state index in [4.69, 9.17) is 4.98 Å². The van der Waals surface area contributed by atoms with Crippen molar-refractivity contribution in [3.8, 4) is 0 Å². The first kappa shape index (κ1) is 11.5. The van der Waals surface area contributed by atoms with E-state index in [9.17, 15) is 0 Å². The fourth-order valence-electron chi connectivity index (χ4n) is 4.16. The number of hydrogen-bond acceptors (Lipinski definition) is 3. The lowest BCUT2D eigenvalue weighted by atomic mass is 10.2. The molecule has 1 saturated heterocycles. The molecule has 3 aromatic rings. The van der Waals surface area contributed by atoms with Crippen LogP contribution >= 0.6 is 0 Å². The van der Waals surface area contributed by atoms with Gasteiger partial charge in [0.25, 0.3) is 0 Å². The Hall–Kier alpha value is -2.10. The minimum Gasteiger partial charge on any atom is -0.356 e. The van der Waals surface area contributed by atoms with Gasteiger partial charge in [0.1, 0.15) is 5.82 Å². The molecule has 2 fully saturated rings. The summed E-state index contributed by atoms with van der Waals surface area (Å²) in [7, 11) is 0. The summed E-state index contributed by atoms with van der Waals surface area (Å²) >= 11 is 0. The Bertz CT molecular complexity index is 825. The van der Waals surface area contributed by atoms with Crippen LogP contribution in [-0.2, 0) is 0 Å². The maximum atomic E-state index is 4.78. The largest absolute Gasteiger partial charge is 0.356 e. The molecule has 0 bridgehead atoms. The third-order valence-corrected chi connectivity index (χ3v) is 5.33. The van der Waals surface area contributed by atoms with Crippen LogP contribution in [0, 0.1) is 17.8 Å². The minimum absolute atomic E-state index is 0.807. The first-order valence-electron chi connectivity index (χ1n) is 7.84. The molecule has 0 spiro atoms. The molecule has 1 aromatic carbocycles. The molecule has 2 aromatic heterocycles. The van der Waals surface area contributed by atoms with E-state index in [0.717, 1.165) is 40.4 Å². The maximum absolute atomic E-state index is 4.78. The summed E-state index contributed by atoms with van der Waals surface area (Å²) in [5.41, 5.74) is 2.14. The highest BCUT2D eigenvalue weighted by atomic mass is 15.3. The molecular weight excluding hydrogens is 260 g/mol. The number of aromatic nitrogens is 3. The molecule has 0 amide bonds. The summed E-state index contributed by atoms with van der Waals surface area (Å²) in [4.78, 5) is 11.8. The predicted molar refractivity (Wildman–Crippen MR) is 83.5 cm³/mol. The second kappa shape index (κ2) is 3.97. The smallest absolute Gasteiger partial charge is 0.236 e. The van der Waals surface area contributed by atoms with Crippen LogP contribution in [0.2, 0.25) is 0 Å². The predicted octanol–water partition coefficient (Wildman–Crippen LogP) is 2.97. The summed E-state index contributed by atoms with van der Waals surface area (Å²) in [5.74, 6) is 4.68. The molecule has 21 heavy (non-hydrogen) atoms. The lowest BCUT2D eigenvalue weighted by molar-refractivity contribution is 0.618. The number of rotatable bonds is 2. The maximum Gasteiger partial charge on any atom is 0.236 e. The summed E-state index contributed by atoms with van der Waals surface area (Å²) in [6.07, 6.45) is 3.44. The number of anilines is 1. The minimum atomic E-state index is 0.807. The first-order chi connectivity index (χ1) is 10.3. The van der Waals surface area contributed by atoms with Gasteiger partial charge in [0.15, 0.2) is 0 Å². The van der Waals surface area contributed by atoms with E-state index in [-0.39, 0.29) is 0 Å². The molecule has 2 aliphatic rings. The van der Waals surface area contributed by atoms with Gasteiger partial charge in [-0.2, -0.15) is 4.98 Å². The van der Waals surface area contributed by atoms with Crippen LogP contribution < -0.4 is 4.90 Å². The molecule has 1 aliphatic carbocycles. The van der Waals surface area contributed by atoms with Gasteiger partial charge in [-0.25, -0.2) is 4.98 Å². The van der Waals surface area contributed by atoms with Crippen molar-refractivity contribution in [2.75, 3.05) is 18.0 Å². The highest BCUT2D eigenvalue weighted by Gasteiger charge is 2.54. The zero-order valence-electron chi connectivity index (χ0n) is 12.1. The summed E-state index contributed by atoms with van der Waals surface area (Å²) in [6, 6.07) is 10.3. The summed E-state index contributed by atoms with van der Waals surface area (Å²) < 4.78 is 2.07. The Balaban J connectivity index is 1.53. The van der Waals surface area contributed by atoms with Crippen molar-refractivity contribution in [1.29, 1.82) is 0 Å².